The third-order valence-electron chi connectivity index (χ3n) is 4.90. The highest BCUT2D eigenvalue weighted by Gasteiger charge is 2.31. The summed E-state index contributed by atoms with van der Waals surface area (Å²) >= 11 is 0. The van der Waals surface area contributed by atoms with Gasteiger partial charge in [0.2, 0.25) is 5.88 Å². The fourth-order valence-corrected chi connectivity index (χ4v) is 3.41. The maximum Gasteiger partial charge on any atom is 0.336 e. The number of carbonyl (C=O) groups is 1. The van der Waals surface area contributed by atoms with Gasteiger partial charge in [-0.2, -0.15) is 5.26 Å². The molecular formula is C25H16F2N2O3. The summed E-state index contributed by atoms with van der Waals surface area (Å²) in [6.07, 6.45) is 2.91. The molecule has 5 nitrogen and oxygen atoms in total. The number of halogens is 2. The predicted octanol–water partition coefficient (Wildman–Crippen LogP) is 4.80. The van der Waals surface area contributed by atoms with E-state index in [0.717, 1.165) is 17.7 Å². The van der Waals surface area contributed by atoms with E-state index in [9.17, 15) is 18.8 Å². The molecule has 1 unspecified atom stereocenters. The minimum atomic E-state index is -1.04. The summed E-state index contributed by atoms with van der Waals surface area (Å²) in [7, 11) is 0. The van der Waals surface area contributed by atoms with Crippen LogP contribution in [0.2, 0.25) is 0 Å². The lowest BCUT2D eigenvalue weighted by molar-refractivity contribution is -0.128. The van der Waals surface area contributed by atoms with Crippen LogP contribution in [0.25, 0.3) is 6.08 Å². The molecular weight excluding hydrogens is 414 g/mol. The van der Waals surface area contributed by atoms with Gasteiger partial charge < -0.3 is 15.2 Å². The molecule has 1 atom stereocenters. The predicted molar refractivity (Wildman–Crippen MR) is 113 cm³/mol. The molecule has 0 fully saturated rings. The summed E-state index contributed by atoms with van der Waals surface area (Å²) in [6.45, 7) is 0. The Bertz CT molecular complexity index is 1290. The van der Waals surface area contributed by atoms with Crippen molar-refractivity contribution in [3.05, 3.63) is 113 Å². The lowest BCUT2D eigenvalue weighted by Crippen LogP contribution is -2.21. The van der Waals surface area contributed by atoms with Crippen molar-refractivity contribution >= 4 is 12.0 Å². The van der Waals surface area contributed by atoms with Crippen LogP contribution >= 0.6 is 0 Å². The summed E-state index contributed by atoms with van der Waals surface area (Å²) < 4.78 is 38.1. The molecule has 7 heteroatoms. The number of nitrogens with zero attached hydrogens (tertiary/aromatic N) is 1. The van der Waals surface area contributed by atoms with E-state index in [2.05, 4.69) is 0 Å². The Hall–Kier alpha value is -4.44. The topological polar surface area (TPSA) is 85.3 Å². The Morgan fingerprint density at radius 1 is 1.06 bits per heavy atom. The largest absolute Gasteiger partial charge is 0.440 e. The van der Waals surface area contributed by atoms with Gasteiger partial charge in [0.25, 0.3) is 0 Å². The molecule has 0 saturated carbocycles. The van der Waals surface area contributed by atoms with E-state index in [1.54, 1.807) is 12.1 Å². The Morgan fingerprint density at radius 2 is 1.84 bits per heavy atom. The maximum atomic E-state index is 13.8. The van der Waals surface area contributed by atoms with Crippen LogP contribution in [0.5, 0.6) is 11.5 Å². The number of carbonyl (C=O) groups excluding carboxylic acids is 1. The molecule has 1 aliphatic heterocycles. The Kier molecular flexibility index (Phi) is 5.69. The van der Waals surface area contributed by atoms with Gasteiger partial charge in [0.1, 0.15) is 23.1 Å². The second-order valence-corrected chi connectivity index (χ2v) is 6.96. The number of hydrogen-bond donors (Lipinski definition) is 1. The fourth-order valence-electron chi connectivity index (χ4n) is 3.41. The van der Waals surface area contributed by atoms with Crippen LogP contribution in [-0.4, -0.2) is 5.97 Å². The first-order valence-electron chi connectivity index (χ1n) is 9.57. The van der Waals surface area contributed by atoms with E-state index in [4.69, 9.17) is 15.2 Å². The number of nitrogens with two attached hydrogens (primary N) is 1. The van der Waals surface area contributed by atoms with Gasteiger partial charge in [0.15, 0.2) is 11.6 Å². The summed E-state index contributed by atoms with van der Waals surface area (Å²) in [5.41, 5.74) is 7.66. The van der Waals surface area contributed by atoms with Gasteiger partial charge in [-0.05, 0) is 35.4 Å². The lowest BCUT2D eigenvalue weighted by atomic mass is 9.83. The van der Waals surface area contributed by atoms with Crippen molar-refractivity contribution in [1.29, 1.82) is 5.26 Å². The van der Waals surface area contributed by atoms with Crippen molar-refractivity contribution in [3.63, 3.8) is 0 Å². The van der Waals surface area contributed by atoms with E-state index in [0.29, 0.717) is 11.1 Å². The van der Waals surface area contributed by atoms with Crippen LogP contribution in [-0.2, 0) is 4.79 Å². The van der Waals surface area contributed by atoms with Crippen LogP contribution in [0.1, 0.15) is 22.6 Å². The molecule has 0 bridgehead atoms. The molecule has 32 heavy (non-hydrogen) atoms. The minimum Gasteiger partial charge on any atom is -0.440 e. The number of benzene rings is 3. The van der Waals surface area contributed by atoms with Gasteiger partial charge in [-0.15, -0.1) is 0 Å². The first kappa shape index (κ1) is 20.8. The highest BCUT2D eigenvalue weighted by Crippen LogP contribution is 2.43. The first-order valence-corrected chi connectivity index (χ1v) is 9.57. The smallest absolute Gasteiger partial charge is 0.336 e. The van der Waals surface area contributed by atoms with Gasteiger partial charge in [0.05, 0.1) is 5.92 Å². The van der Waals surface area contributed by atoms with Gasteiger partial charge in [0, 0.05) is 17.7 Å². The van der Waals surface area contributed by atoms with E-state index in [1.807, 2.05) is 36.4 Å². The molecule has 2 N–H and O–H groups in total. The maximum absolute atomic E-state index is 13.8. The molecule has 3 aromatic carbocycles. The SMILES string of the molecule is N#CC1=C(N)Oc2cc(OC(=O)/C=C/c3ccccc3)ccc2C1c1ccc(F)c(F)c1. The standard InChI is InChI=1S/C25H16F2N2O3/c26-20-10-7-16(12-21(20)27)24-18-9-8-17(13-22(18)32-25(29)19(24)14-28)31-23(30)11-6-15-4-2-1-3-5-15/h1-13,24H,29H2/b11-6+. The molecule has 4 rings (SSSR count). The number of hydrogen-bond acceptors (Lipinski definition) is 5. The average molecular weight is 430 g/mol. The number of rotatable bonds is 4. The molecule has 0 radical (unpaired) electrons. The summed E-state index contributed by atoms with van der Waals surface area (Å²) in [5.74, 6) is -3.12. The van der Waals surface area contributed by atoms with Crippen LogP contribution in [0.4, 0.5) is 8.78 Å². The van der Waals surface area contributed by atoms with Gasteiger partial charge in [-0.1, -0.05) is 42.5 Å². The van der Waals surface area contributed by atoms with E-state index < -0.39 is 23.5 Å². The summed E-state index contributed by atoms with van der Waals surface area (Å²) in [5, 5.41) is 9.56. The van der Waals surface area contributed by atoms with Gasteiger partial charge in [-0.25, -0.2) is 13.6 Å². The van der Waals surface area contributed by atoms with Gasteiger partial charge >= 0.3 is 5.97 Å². The molecule has 1 aliphatic rings. The zero-order valence-corrected chi connectivity index (χ0v) is 16.6. The van der Waals surface area contributed by atoms with Crippen molar-refractivity contribution in [3.8, 4) is 17.6 Å². The molecule has 3 aromatic rings. The molecule has 0 aromatic heterocycles. The van der Waals surface area contributed by atoms with Crippen molar-refractivity contribution in [2.24, 2.45) is 5.73 Å². The average Bonchev–Trinajstić information content (AvgIpc) is 2.79. The highest BCUT2D eigenvalue weighted by atomic mass is 19.2. The number of fused-ring (bicyclic) bond motifs is 1. The molecule has 0 amide bonds. The van der Waals surface area contributed by atoms with E-state index >= 15 is 0 Å². The highest BCUT2D eigenvalue weighted by molar-refractivity contribution is 5.88. The second kappa shape index (κ2) is 8.74. The second-order valence-electron chi connectivity index (χ2n) is 6.96. The number of nitriles is 1. The third kappa shape index (κ3) is 4.20. The van der Waals surface area contributed by atoms with Crippen molar-refractivity contribution < 1.29 is 23.0 Å². The zero-order chi connectivity index (χ0) is 22.7. The first-order chi connectivity index (χ1) is 15.5. The van der Waals surface area contributed by atoms with Crippen molar-refractivity contribution in [1.82, 2.24) is 0 Å². The normalized spacial score (nSPS) is 15.1. The van der Waals surface area contributed by atoms with Crippen molar-refractivity contribution in [2.45, 2.75) is 5.92 Å². The summed E-state index contributed by atoms with van der Waals surface area (Å²) in [4.78, 5) is 12.2. The Balaban J connectivity index is 1.63. The Labute approximate surface area is 182 Å². The quantitative estimate of drug-likeness (QED) is 0.365. The van der Waals surface area contributed by atoms with E-state index in [1.165, 1.54) is 24.3 Å². The number of allylic oxidation sites excluding steroid dienone is 1. The van der Waals surface area contributed by atoms with Crippen LogP contribution in [0.15, 0.2) is 84.3 Å². The molecule has 1 heterocycles. The minimum absolute atomic E-state index is 0.0686. The fraction of sp³-hybridized carbons (Fsp3) is 0.0400. The molecule has 0 aliphatic carbocycles. The summed E-state index contributed by atoms with van der Waals surface area (Å²) in [6, 6.07) is 19.2. The van der Waals surface area contributed by atoms with E-state index in [-0.39, 0.29) is 23.0 Å². The molecule has 158 valence electrons. The lowest BCUT2D eigenvalue weighted by Gasteiger charge is -2.26. The van der Waals surface area contributed by atoms with Crippen LogP contribution in [0.3, 0.4) is 0 Å². The molecule has 0 spiro atoms. The molecule has 0 saturated heterocycles. The van der Waals surface area contributed by atoms with Gasteiger partial charge in [-0.3, -0.25) is 0 Å². The number of ether oxygens (including phenoxy) is 2. The number of esters is 1. The van der Waals surface area contributed by atoms with Crippen molar-refractivity contribution in [2.75, 3.05) is 0 Å². The third-order valence-corrected chi connectivity index (χ3v) is 4.90. The Morgan fingerprint density at radius 3 is 2.56 bits per heavy atom. The van der Waals surface area contributed by atoms with Crippen LogP contribution < -0.4 is 15.2 Å². The van der Waals surface area contributed by atoms with Crippen LogP contribution in [0, 0.1) is 23.0 Å². The monoisotopic (exact) mass is 430 g/mol. The zero-order valence-electron chi connectivity index (χ0n) is 16.6.